The molecule has 6 nitrogen and oxygen atoms in total. The molecule has 1 aromatic carbocycles. The van der Waals surface area contributed by atoms with Crippen molar-refractivity contribution in [2.24, 2.45) is 11.7 Å². The Bertz CT molecular complexity index is 703. The van der Waals surface area contributed by atoms with Crippen LogP contribution in [0.15, 0.2) is 28.8 Å². The maximum atomic E-state index is 12.2. The summed E-state index contributed by atoms with van der Waals surface area (Å²) in [5, 5.41) is 6.79. The lowest BCUT2D eigenvalue weighted by molar-refractivity contribution is 0.0949. The van der Waals surface area contributed by atoms with Crippen LogP contribution in [0.1, 0.15) is 40.2 Å². The van der Waals surface area contributed by atoms with E-state index in [1.165, 1.54) is 12.8 Å². The zero-order chi connectivity index (χ0) is 17.1. The number of benzene rings is 1. The average molecular weight is 329 g/mol. The fourth-order valence-electron chi connectivity index (χ4n) is 2.59. The fourth-order valence-corrected chi connectivity index (χ4v) is 2.59. The molecule has 3 N–H and O–H groups in total. The third-order valence-corrected chi connectivity index (χ3v) is 4.39. The van der Waals surface area contributed by atoms with Gasteiger partial charge in [-0.15, -0.1) is 0 Å². The maximum Gasteiger partial charge on any atom is 0.251 e. The van der Waals surface area contributed by atoms with Gasteiger partial charge in [0.25, 0.3) is 5.91 Å². The molecule has 6 heteroatoms. The number of aromatic nitrogens is 1. The first-order valence-electron chi connectivity index (χ1n) is 8.23. The van der Waals surface area contributed by atoms with Crippen LogP contribution in [0, 0.1) is 19.8 Å². The van der Waals surface area contributed by atoms with E-state index in [-0.39, 0.29) is 11.9 Å². The van der Waals surface area contributed by atoms with E-state index in [1.54, 1.807) is 18.2 Å². The molecule has 1 unspecified atom stereocenters. The molecule has 0 saturated heterocycles. The molecule has 24 heavy (non-hydrogen) atoms. The molecular weight excluding hydrogens is 306 g/mol. The molecule has 0 aliphatic heterocycles. The molecule has 0 radical (unpaired) electrons. The van der Waals surface area contributed by atoms with E-state index in [0.29, 0.717) is 30.4 Å². The van der Waals surface area contributed by atoms with Gasteiger partial charge in [-0.3, -0.25) is 4.79 Å². The Kier molecular flexibility index (Phi) is 4.85. The molecule has 1 fully saturated rings. The van der Waals surface area contributed by atoms with Gasteiger partial charge in [-0.25, -0.2) is 0 Å². The minimum Gasteiger partial charge on any atom is -0.489 e. The molecule has 0 bridgehead atoms. The highest BCUT2D eigenvalue weighted by Crippen LogP contribution is 2.31. The molecular formula is C18H23N3O3. The number of hydrogen-bond acceptors (Lipinski definition) is 5. The van der Waals surface area contributed by atoms with Crippen molar-refractivity contribution in [3.63, 3.8) is 0 Å². The molecule has 0 spiro atoms. The Morgan fingerprint density at radius 2 is 2.25 bits per heavy atom. The first-order valence-corrected chi connectivity index (χ1v) is 8.23. The van der Waals surface area contributed by atoms with Gasteiger partial charge in [0.2, 0.25) is 0 Å². The van der Waals surface area contributed by atoms with Crippen LogP contribution in [-0.4, -0.2) is 23.7 Å². The lowest BCUT2D eigenvalue weighted by atomic mass is 10.1. The second-order valence-electron chi connectivity index (χ2n) is 6.33. The fraction of sp³-hybridized carbons (Fsp3) is 0.444. The molecule has 1 amide bonds. The molecule has 1 aromatic heterocycles. The third kappa shape index (κ3) is 3.94. The first kappa shape index (κ1) is 16.5. The van der Waals surface area contributed by atoms with Crippen LogP contribution >= 0.6 is 0 Å². The number of rotatable bonds is 7. The highest BCUT2D eigenvalue weighted by Gasteiger charge is 2.28. The first-order chi connectivity index (χ1) is 11.5. The van der Waals surface area contributed by atoms with Gasteiger partial charge in [-0.05, 0) is 50.8 Å². The van der Waals surface area contributed by atoms with E-state index >= 15 is 0 Å². The summed E-state index contributed by atoms with van der Waals surface area (Å²) in [5.74, 6) is 1.81. The normalized spacial score (nSPS) is 15.1. The van der Waals surface area contributed by atoms with Crippen LogP contribution in [-0.2, 0) is 6.61 Å². The Morgan fingerprint density at radius 1 is 1.46 bits per heavy atom. The van der Waals surface area contributed by atoms with Crippen LogP contribution in [0.5, 0.6) is 5.75 Å². The predicted molar refractivity (Wildman–Crippen MR) is 89.8 cm³/mol. The smallest absolute Gasteiger partial charge is 0.251 e. The van der Waals surface area contributed by atoms with Crippen molar-refractivity contribution in [3.05, 3.63) is 46.8 Å². The van der Waals surface area contributed by atoms with Gasteiger partial charge in [0, 0.05) is 18.2 Å². The van der Waals surface area contributed by atoms with Crippen molar-refractivity contribution < 1.29 is 14.1 Å². The Labute approximate surface area is 141 Å². The Morgan fingerprint density at radius 3 is 2.92 bits per heavy atom. The van der Waals surface area contributed by atoms with E-state index in [2.05, 4.69) is 10.5 Å². The number of ether oxygens (including phenoxy) is 1. The van der Waals surface area contributed by atoms with Gasteiger partial charge in [0.05, 0.1) is 11.3 Å². The molecule has 1 heterocycles. The van der Waals surface area contributed by atoms with E-state index in [9.17, 15) is 4.79 Å². The molecule has 2 aromatic rings. The van der Waals surface area contributed by atoms with Crippen LogP contribution in [0.3, 0.4) is 0 Å². The summed E-state index contributed by atoms with van der Waals surface area (Å²) in [6.07, 6.45) is 2.34. The number of hydrogen-bond donors (Lipinski definition) is 2. The Balaban J connectivity index is 1.57. The highest BCUT2D eigenvalue weighted by molar-refractivity contribution is 5.94. The van der Waals surface area contributed by atoms with Crippen LogP contribution < -0.4 is 15.8 Å². The second-order valence-corrected chi connectivity index (χ2v) is 6.33. The molecule has 1 atom stereocenters. The summed E-state index contributed by atoms with van der Waals surface area (Å²) < 4.78 is 10.9. The molecule has 1 aliphatic carbocycles. The number of nitrogens with one attached hydrogen (secondary N) is 1. The third-order valence-electron chi connectivity index (χ3n) is 4.39. The number of aryl methyl sites for hydroxylation is 2. The van der Waals surface area contributed by atoms with Crippen molar-refractivity contribution in [3.8, 4) is 5.75 Å². The van der Waals surface area contributed by atoms with Gasteiger partial charge >= 0.3 is 0 Å². The Hall–Kier alpha value is -2.34. The van der Waals surface area contributed by atoms with Crippen molar-refractivity contribution in [1.29, 1.82) is 0 Å². The monoisotopic (exact) mass is 329 g/mol. The van der Waals surface area contributed by atoms with Gasteiger partial charge in [0.15, 0.2) is 0 Å². The number of nitrogens with two attached hydrogens (primary N) is 1. The minimum atomic E-state index is -0.131. The molecule has 128 valence electrons. The summed E-state index contributed by atoms with van der Waals surface area (Å²) in [7, 11) is 0. The van der Waals surface area contributed by atoms with Crippen LogP contribution in [0.25, 0.3) is 0 Å². The standard InChI is InChI=1S/C18H23N3O3/c1-11-16(12(2)24-21-11)10-23-15-5-3-4-14(8-15)18(22)20-9-17(19)13-6-7-13/h3-5,8,13,17H,6-7,9-10,19H2,1-2H3,(H,20,22). The highest BCUT2D eigenvalue weighted by atomic mass is 16.5. The van der Waals surface area contributed by atoms with E-state index in [0.717, 1.165) is 17.0 Å². The second kappa shape index (κ2) is 7.05. The summed E-state index contributed by atoms with van der Waals surface area (Å²) >= 11 is 0. The summed E-state index contributed by atoms with van der Waals surface area (Å²) in [5.41, 5.74) is 8.32. The quantitative estimate of drug-likeness (QED) is 0.813. The average Bonchev–Trinajstić information content (AvgIpc) is 3.38. The topological polar surface area (TPSA) is 90.4 Å². The molecule has 3 rings (SSSR count). The molecule has 1 saturated carbocycles. The number of amides is 1. The van der Waals surface area contributed by atoms with Crippen molar-refractivity contribution in [2.75, 3.05) is 6.54 Å². The van der Waals surface area contributed by atoms with Gasteiger partial charge in [-0.1, -0.05) is 11.2 Å². The van der Waals surface area contributed by atoms with Crippen LogP contribution in [0.4, 0.5) is 0 Å². The summed E-state index contributed by atoms with van der Waals surface area (Å²) in [6.45, 7) is 4.60. The minimum absolute atomic E-state index is 0.0490. The van der Waals surface area contributed by atoms with Gasteiger partial charge < -0.3 is 20.3 Å². The lowest BCUT2D eigenvalue weighted by Gasteiger charge is -2.12. The van der Waals surface area contributed by atoms with Crippen molar-refractivity contribution in [2.45, 2.75) is 39.3 Å². The number of carbonyl (C=O) groups is 1. The number of nitrogens with zero attached hydrogens (tertiary/aromatic N) is 1. The SMILES string of the molecule is Cc1noc(C)c1COc1cccc(C(=O)NCC(N)C2CC2)c1. The van der Waals surface area contributed by atoms with E-state index < -0.39 is 0 Å². The zero-order valence-electron chi connectivity index (χ0n) is 14.0. The van der Waals surface area contributed by atoms with Gasteiger partial charge in [-0.2, -0.15) is 0 Å². The maximum absolute atomic E-state index is 12.2. The zero-order valence-corrected chi connectivity index (χ0v) is 14.0. The van der Waals surface area contributed by atoms with Crippen LogP contribution in [0.2, 0.25) is 0 Å². The number of carbonyl (C=O) groups excluding carboxylic acids is 1. The van der Waals surface area contributed by atoms with Crippen molar-refractivity contribution >= 4 is 5.91 Å². The summed E-state index contributed by atoms with van der Waals surface area (Å²) in [6, 6.07) is 7.17. The summed E-state index contributed by atoms with van der Waals surface area (Å²) in [4.78, 5) is 12.2. The van der Waals surface area contributed by atoms with E-state index in [4.69, 9.17) is 15.0 Å². The lowest BCUT2D eigenvalue weighted by Crippen LogP contribution is -2.38. The predicted octanol–water partition coefficient (Wildman–Crippen LogP) is 2.34. The largest absolute Gasteiger partial charge is 0.489 e. The van der Waals surface area contributed by atoms with Gasteiger partial charge in [0.1, 0.15) is 18.1 Å². The molecule has 1 aliphatic rings. The van der Waals surface area contributed by atoms with Crippen molar-refractivity contribution in [1.82, 2.24) is 10.5 Å². The van der Waals surface area contributed by atoms with E-state index in [1.807, 2.05) is 19.9 Å².